The maximum Gasteiger partial charge on any atom is 0.0567 e. The summed E-state index contributed by atoms with van der Waals surface area (Å²) in [5.74, 6) is 1.76. The molecule has 0 aromatic carbocycles. The molecule has 0 N–H and O–H groups in total. The van der Waals surface area contributed by atoms with Crippen molar-refractivity contribution in [2.24, 2.45) is 11.8 Å². The molecule has 0 amide bonds. The van der Waals surface area contributed by atoms with Crippen LogP contribution in [0.2, 0.25) is 0 Å². The predicted molar refractivity (Wildman–Crippen MR) is 57.1 cm³/mol. The second kappa shape index (κ2) is 4.66. The Bertz CT molecular complexity index is 140. The van der Waals surface area contributed by atoms with Gasteiger partial charge in [-0.2, -0.15) is 0 Å². The van der Waals surface area contributed by atoms with Crippen LogP contribution in [0.1, 0.15) is 32.6 Å². The van der Waals surface area contributed by atoms with Crippen molar-refractivity contribution in [1.29, 1.82) is 0 Å². The van der Waals surface area contributed by atoms with E-state index in [1.54, 1.807) is 0 Å². The highest BCUT2D eigenvalue weighted by atomic mass is 79.9. The van der Waals surface area contributed by atoms with Crippen molar-refractivity contribution in [3.63, 3.8) is 0 Å². The van der Waals surface area contributed by atoms with Gasteiger partial charge in [0.15, 0.2) is 0 Å². The number of hydrogen-bond acceptors (Lipinski definition) is 0. The molecule has 64 valence electrons. The maximum atomic E-state index is 3.40. The van der Waals surface area contributed by atoms with Crippen LogP contribution in [0.5, 0.6) is 0 Å². The molecular weight excluding hydrogens is 268 g/mol. The molecule has 0 bridgehead atoms. The van der Waals surface area contributed by atoms with Gasteiger partial charge in [-0.05, 0) is 56.5 Å². The number of rotatable bonds is 1. The molecule has 11 heavy (non-hydrogen) atoms. The van der Waals surface area contributed by atoms with Crippen LogP contribution >= 0.6 is 31.9 Å². The van der Waals surface area contributed by atoms with Crippen molar-refractivity contribution in [3.05, 3.63) is 9.47 Å². The molecule has 0 aromatic rings. The average Bonchev–Trinajstić information content (AvgIpc) is 1.93. The van der Waals surface area contributed by atoms with Gasteiger partial charge in [-0.25, -0.2) is 0 Å². The van der Waals surface area contributed by atoms with Crippen molar-refractivity contribution in [2.45, 2.75) is 32.6 Å². The van der Waals surface area contributed by atoms with E-state index in [1.807, 2.05) is 0 Å². The minimum atomic E-state index is 0.806. The van der Waals surface area contributed by atoms with Gasteiger partial charge in [0, 0.05) is 0 Å². The van der Waals surface area contributed by atoms with E-state index in [0.717, 1.165) is 15.2 Å². The van der Waals surface area contributed by atoms with Gasteiger partial charge in [0.05, 0.1) is 3.39 Å². The zero-order valence-electron chi connectivity index (χ0n) is 6.82. The molecule has 1 fully saturated rings. The molecule has 0 heterocycles. The number of halogens is 2. The summed E-state index contributed by atoms with van der Waals surface area (Å²) < 4.78 is 1.12. The summed E-state index contributed by atoms with van der Waals surface area (Å²) in [7, 11) is 0. The van der Waals surface area contributed by atoms with Crippen LogP contribution in [-0.4, -0.2) is 0 Å². The van der Waals surface area contributed by atoms with E-state index in [9.17, 15) is 0 Å². The predicted octanol–water partition coefficient (Wildman–Crippen LogP) is 4.44. The molecule has 0 atom stereocenters. The highest BCUT2D eigenvalue weighted by Gasteiger charge is 2.15. The van der Waals surface area contributed by atoms with Crippen LogP contribution in [0.15, 0.2) is 9.47 Å². The first-order chi connectivity index (χ1) is 5.18. The van der Waals surface area contributed by atoms with Gasteiger partial charge in [0.2, 0.25) is 0 Å². The van der Waals surface area contributed by atoms with Crippen LogP contribution in [-0.2, 0) is 0 Å². The lowest BCUT2D eigenvalue weighted by Gasteiger charge is -2.23. The molecule has 1 aliphatic carbocycles. The standard InChI is InChI=1S/C9H14Br2/c1-7-2-4-8(5-3-7)6-9(10)11/h6-8H,2-5H2,1H3. The Labute approximate surface area is 85.7 Å². The second-order valence-electron chi connectivity index (χ2n) is 3.48. The van der Waals surface area contributed by atoms with E-state index >= 15 is 0 Å². The van der Waals surface area contributed by atoms with Gasteiger partial charge in [-0.3, -0.25) is 0 Å². The molecule has 0 aliphatic heterocycles. The average molecular weight is 282 g/mol. The summed E-state index contributed by atoms with van der Waals surface area (Å²) in [6, 6.07) is 0. The van der Waals surface area contributed by atoms with Crippen molar-refractivity contribution in [3.8, 4) is 0 Å². The summed E-state index contributed by atoms with van der Waals surface area (Å²) in [4.78, 5) is 0. The molecule has 0 unspecified atom stereocenters. The lowest BCUT2D eigenvalue weighted by atomic mass is 9.83. The van der Waals surface area contributed by atoms with Crippen molar-refractivity contribution in [1.82, 2.24) is 0 Å². The Morgan fingerprint density at radius 1 is 1.18 bits per heavy atom. The second-order valence-corrected chi connectivity index (χ2v) is 6.25. The molecule has 0 aromatic heterocycles. The molecule has 0 saturated heterocycles. The third kappa shape index (κ3) is 3.75. The molecule has 0 radical (unpaired) electrons. The molecule has 1 rings (SSSR count). The van der Waals surface area contributed by atoms with Crippen molar-refractivity contribution >= 4 is 31.9 Å². The quantitative estimate of drug-likeness (QED) is 0.666. The van der Waals surface area contributed by atoms with Crippen LogP contribution in [0.4, 0.5) is 0 Å². The SMILES string of the molecule is CC1CCC(C=C(Br)Br)CC1. The zero-order chi connectivity index (χ0) is 8.27. The van der Waals surface area contributed by atoms with Crippen LogP contribution in [0.3, 0.4) is 0 Å². The third-order valence-electron chi connectivity index (χ3n) is 2.42. The molecule has 2 heteroatoms. The lowest BCUT2D eigenvalue weighted by Crippen LogP contribution is -2.09. The van der Waals surface area contributed by atoms with Crippen molar-refractivity contribution in [2.75, 3.05) is 0 Å². The van der Waals surface area contributed by atoms with Gasteiger partial charge in [-0.1, -0.05) is 25.8 Å². The van der Waals surface area contributed by atoms with Gasteiger partial charge in [0.1, 0.15) is 0 Å². The highest BCUT2D eigenvalue weighted by Crippen LogP contribution is 2.31. The summed E-state index contributed by atoms with van der Waals surface area (Å²) in [6.07, 6.45) is 7.80. The van der Waals surface area contributed by atoms with Gasteiger partial charge in [0.25, 0.3) is 0 Å². The molecule has 0 spiro atoms. The minimum Gasteiger partial charge on any atom is -0.0625 e. The fourth-order valence-corrected chi connectivity index (χ4v) is 2.38. The summed E-state index contributed by atoms with van der Waals surface area (Å²) in [6.45, 7) is 2.35. The summed E-state index contributed by atoms with van der Waals surface area (Å²) in [5.41, 5.74) is 0. The zero-order valence-corrected chi connectivity index (χ0v) is 9.99. The highest BCUT2D eigenvalue weighted by molar-refractivity contribution is 9.28. The van der Waals surface area contributed by atoms with Crippen molar-refractivity contribution < 1.29 is 0 Å². The van der Waals surface area contributed by atoms with E-state index in [1.165, 1.54) is 25.7 Å². The molecule has 1 saturated carbocycles. The normalized spacial score (nSPS) is 31.5. The Hall–Kier alpha value is 0.700. The maximum absolute atomic E-state index is 3.40. The molecular formula is C9H14Br2. The fourth-order valence-electron chi connectivity index (χ4n) is 1.63. The van der Waals surface area contributed by atoms with Gasteiger partial charge < -0.3 is 0 Å². The van der Waals surface area contributed by atoms with Gasteiger partial charge >= 0.3 is 0 Å². The van der Waals surface area contributed by atoms with E-state index in [4.69, 9.17) is 0 Å². The Morgan fingerprint density at radius 2 is 1.73 bits per heavy atom. The lowest BCUT2D eigenvalue weighted by molar-refractivity contribution is 0.330. The fraction of sp³-hybridized carbons (Fsp3) is 0.778. The van der Waals surface area contributed by atoms with Gasteiger partial charge in [-0.15, -0.1) is 0 Å². The Morgan fingerprint density at radius 3 is 2.18 bits per heavy atom. The minimum absolute atomic E-state index is 0.806. The monoisotopic (exact) mass is 280 g/mol. The Kier molecular flexibility index (Phi) is 4.14. The number of allylic oxidation sites excluding steroid dienone is 1. The number of hydrogen-bond donors (Lipinski definition) is 0. The Balaban J connectivity index is 2.34. The molecule has 0 nitrogen and oxygen atoms in total. The largest absolute Gasteiger partial charge is 0.0625 e. The van der Waals surface area contributed by atoms with E-state index in [0.29, 0.717) is 0 Å². The molecule has 1 aliphatic rings. The van der Waals surface area contributed by atoms with Crippen LogP contribution in [0, 0.1) is 11.8 Å². The first kappa shape index (κ1) is 9.79. The topological polar surface area (TPSA) is 0 Å². The van der Waals surface area contributed by atoms with Crippen LogP contribution < -0.4 is 0 Å². The third-order valence-corrected chi connectivity index (χ3v) is 2.95. The smallest absolute Gasteiger partial charge is 0.0567 e. The summed E-state index contributed by atoms with van der Waals surface area (Å²) in [5, 5.41) is 0. The van der Waals surface area contributed by atoms with E-state index in [2.05, 4.69) is 44.9 Å². The first-order valence-corrected chi connectivity index (χ1v) is 5.80. The van der Waals surface area contributed by atoms with Crippen LogP contribution in [0.25, 0.3) is 0 Å². The van der Waals surface area contributed by atoms with E-state index < -0.39 is 0 Å². The summed E-state index contributed by atoms with van der Waals surface area (Å²) >= 11 is 6.81. The first-order valence-electron chi connectivity index (χ1n) is 4.21. The van der Waals surface area contributed by atoms with E-state index in [-0.39, 0.29) is 0 Å².